The van der Waals surface area contributed by atoms with Gasteiger partial charge in [0, 0.05) is 12.1 Å². The number of benzene rings is 3. The minimum Gasteiger partial charge on any atom is -0.495 e. The van der Waals surface area contributed by atoms with Crippen LogP contribution in [0.15, 0.2) is 71.6 Å². The van der Waals surface area contributed by atoms with Gasteiger partial charge in [-0.3, -0.25) is 4.79 Å². The summed E-state index contributed by atoms with van der Waals surface area (Å²) in [5, 5.41) is 0. The largest absolute Gasteiger partial charge is 0.495 e. The summed E-state index contributed by atoms with van der Waals surface area (Å²) >= 11 is 0. The Bertz CT molecular complexity index is 1100. The molecule has 29 heavy (non-hydrogen) atoms. The van der Waals surface area contributed by atoms with Gasteiger partial charge in [0.15, 0.2) is 0 Å². The number of hydrogen-bond acceptors (Lipinski definition) is 5. The molecule has 0 saturated heterocycles. The normalized spacial score (nSPS) is 11.1. The minimum absolute atomic E-state index is 0.0353. The molecule has 0 aromatic heterocycles. The van der Waals surface area contributed by atoms with E-state index in [1.165, 1.54) is 49.6 Å². The molecule has 0 fully saturated rings. The van der Waals surface area contributed by atoms with Crippen LogP contribution in [0.2, 0.25) is 0 Å². The number of carbonyl (C=O) groups excluding carboxylic acids is 1. The summed E-state index contributed by atoms with van der Waals surface area (Å²) in [5.74, 6) is 0.812. The Kier molecular flexibility index (Phi) is 6.26. The fourth-order valence-corrected chi connectivity index (χ4v) is 3.77. The molecule has 6 nitrogen and oxygen atoms in total. The van der Waals surface area contributed by atoms with Gasteiger partial charge in [0.05, 0.1) is 7.11 Å². The zero-order valence-corrected chi connectivity index (χ0v) is 16.3. The number of ether oxygens (including phenoxy) is 2. The highest BCUT2D eigenvalue weighted by atomic mass is 32.2. The zero-order valence-electron chi connectivity index (χ0n) is 15.5. The summed E-state index contributed by atoms with van der Waals surface area (Å²) in [7, 11) is -2.54. The van der Waals surface area contributed by atoms with E-state index in [1.54, 1.807) is 24.3 Å². The van der Waals surface area contributed by atoms with E-state index in [2.05, 4.69) is 4.72 Å². The Morgan fingerprint density at radius 3 is 2.17 bits per heavy atom. The maximum atomic E-state index is 12.9. The van der Waals surface area contributed by atoms with Crippen LogP contribution in [0.3, 0.4) is 0 Å². The second-order valence-electron chi connectivity index (χ2n) is 6.05. The van der Waals surface area contributed by atoms with E-state index in [0.29, 0.717) is 23.3 Å². The first kappa shape index (κ1) is 20.5. The molecule has 0 unspecified atom stereocenters. The van der Waals surface area contributed by atoms with Crippen molar-refractivity contribution >= 4 is 16.3 Å². The average Bonchev–Trinajstić information content (AvgIpc) is 2.74. The molecule has 3 rings (SSSR count). The average molecular weight is 415 g/mol. The number of aldehydes is 1. The van der Waals surface area contributed by atoms with Crippen molar-refractivity contribution in [2.45, 2.75) is 11.4 Å². The van der Waals surface area contributed by atoms with Gasteiger partial charge in [-0.2, -0.15) is 0 Å². The first-order chi connectivity index (χ1) is 13.9. The third-order valence-electron chi connectivity index (χ3n) is 4.05. The molecule has 0 saturated carbocycles. The van der Waals surface area contributed by atoms with E-state index < -0.39 is 10.0 Å². The number of carbonyl (C=O) groups is 1. The van der Waals surface area contributed by atoms with Gasteiger partial charge in [-0.25, -0.2) is 17.5 Å². The quantitative estimate of drug-likeness (QED) is 0.564. The molecule has 0 heterocycles. The van der Waals surface area contributed by atoms with Gasteiger partial charge in [-0.15, -0.1) is 0 Å². The van der Waals surface area contributed by atoms with Crippen LogP contribution in [-0.4, -0.2) is 21.8 Å². The Labute approximate surface area is 168 Å². The number of halogens is 1. The lowest BCUT2D eigenvalue weighted by atomic mass is 10.2. The van der Waals surface area contributed by atoms with Crippen molar-refractivity contribution in [1.29, 1.82) is 0 Å². The summed E-state index contributed by atoms with van der Waals surface area (Å²) in [6, 6.07) is 16.6. The third kappa shape index (κ3) is 5.18. The van der Waals surface area contributed by atoms with Crippen LogP contribution in [0.25, 0.3) is 0 Å². The van der Waals surface area contributed by atoms with E-state index in [0.717, 1.165) is 0 Å². The molecular formula is C21H18FNO5S. The topological polar surface area (TPSA) is 81.7 Å². The summed E-state index contributed by atoms with van der Waals surface area (Å²) in [5.41, 5.74) is 0.930. The molecule has 150 valence electrons. The van der Waals surface area contributed by atoms with Crippen LogP contribution < -0.4 is 14.2 Å². The predicted octanol–water partition coefficient (Wildman–Crippen LogP) is 3.92. The first-order valence-electron chi connectivity index (χ1n) is 8.56. The fraction of sp³-hybridized carbons (Fsp3) is 0.0952. The van der Waals surface area contributed by atoms with Crippen molar-refractivity contribution in [3.8, 4) is 17.2 Å². The lowest BCUT2D eigenvalue weighted by Gasteiger charge is -2.12. The Morgan fingerprint density at radius 2 is 1.59 bits per heavy atom. The molecule has 0 amide bonds. The summed E-state index contributed by atoms with van der Waals surface area (Å²) < 4.78 is 51.4. The smallest absolute Gasteiger partial charge is 0.244 e. The Morgan fingerprint density at radius 1 is 0.966 bits per heavy atom. The van der Waals surface area contributed by atoms with Crippen molar-refractivity contribution in [1.82, 2.24) is 4.72 Å². The summed E-state index contributed by atoms with van der Waals surface area (Å²) in [6.45, 7) is 0.0353. The van der Waals surface area contributed by atoms with Crippen molar-refractivity contribution in [3.05, 3.63) is 83.7 Å². The van der Waals surface area contributed by atoms with Crippen LogP contribution in [0.5, 0.6) is 17.2 Å². The molecule has 0 atom stereocenters. The molecule has 3 aromatic carbocycles. The van der Waals surface area contributed by atoms with E-state index in [-0.39, 0.29) is 28.6 Å². The highest BCUT2D eigenvalue weighted by Crippen LogP contribution is 2.25. The Hall–Kier alpha value is -3.23. The highest BCUT2D eigenvalue weighted by Gasteiger charge is 2.20. The summed E-state index contributed by atoms with van der Waals surface area (Å²) in [6.07, 6.45) is 0.568. The lowest BCUT2D eigenvalue weighted by molar-refractivity contribution is 0.112. The number of hydrogen-bond donors (Lipinski definition) is 1. The second-order valence-corrected chi connectivity index (χ2v) is 7.79. The molecule has 0 aliphatic rings. The van der Waals surface area contributed by atoms with Crippen molar-refractivity contribution in [2.75, 3.05) is 7.11 Å². The maximum Gasteiger partial charge on any atom is 0.244 e. The molecule has 0 aliphatic heterocycles. The Balaban J connectivity index is 1.69. The van der Waals surface area contributed by atoms with Gasteiger partial charge >= 0.3 is 0 Å². The zero-order chi connectivity index (χ0) is 20.9. The monoisotopic (exact) mass is 415 g/mol. The number of rotatable bonds is 8. The maximum absolute atomic E-state index is 12.9. The summed E-state index contributed by atoms with van der Waals surface area (Å²) in [4.78, 5) is 10.8. The number of methoxy groups -OCH3 is 1. The minimum atomic E-state index is -3.90. The molecule has 0 radical (unpaired) electrons. The third-order valence-corrected chi connectivity index (χ3v) is 5.47. The van der Waals surface area contributed by atoms with Gasteiger partial charge in [-0.05, 0) is 60.2 Å². The van der Waals surface area contributed by atoms with E-state index in [9.17, 15) is 17.6 Å². The van der Waals surface area contributed by atoms with E-state index in [1.807, 2.05) is 0 Å². The van der Waals surface area contributed by atoms with Crippen LogP contribution in [0, 0.1) is 5.82 Å². The molecule has 8 heteroatoms. The van der Waals surface area contributed by atoms with Gasteiger partial charge < -0.3 is 9.47 Å². The highest BCUT2D eigenvalue weighted by molar-refractivity contribution is 7.89. The molecule has 0 spiro atoms. The molecule has 1 N–H and O–H groups in total. The van der Waals surface area contributed by atoms with E-state index >= 15 is 0 Å². The second kappa shape index (κ2) is 8.85. The van der Waals surface area contributed by atoms with Crippen LogP contribution in [0.1, 0.15) is 15.9 Å². The molecule has 0 aliphatic carbocycles. The first-order valence-corrected chi connectivity index (χ1v) is 10.0. The van der Waals surface area contributed by atoms with Crippen LogP contribution >= 0.6 is 0 Å². The molecule has 3 aromatic rings. The van der Waals surface area contributed by atoms with Crippen molar-refractivity contribution in [3.63, 3.8) is 0 Å². The number of nitrogens with one attached hydrogen (secondary N) is 1. The number of sulfonamides is 1. The van der Waals surface area contributed by atoms with Gasteiger partial charge in [0.25, 0.3) is 0 Å². The van der Waals surface area contributed by atoms with Crippen LogP contribution in [0.4, 0.5) is 4.39 Å². The SMILES string of the molecule is COc1ccc(C=O)cc1S(=O)(=O)NCc1ccc(Oc2ccc(F)cc2)cc1. The van der Waals surface area contributed by atoms with Gasteiger partial charge in [0.1, 0.15) is 34.2 Å². The molecule has 0 bridgehead atoms. The van der Waals surface area contributed by atoms with Crippen molar-refractivity contribution < 1.29 is 27.1 Å². The molecular weight excluding hydrogens is 397 g/mol. The van der Waals surface area contributed by atoms with Gasteiger partial charge in [0.2, 0.25) is 10.0 Å². The van der Waals surface area contributed by atoms with E-state index in [4.69, 9.17) is 9.47 Å². The van der Waals surface area contributed by atoms with Gasteiger partial charge in [-0.1, -0.05) is 12.1 Å². The van der Waals surface area contributed by atoms with Crippen molar-refractivity contribution in [2.24, 2.45) is 0 Å². The van der Waals surface area contributed by atoms with Crippen LogP contribution in [-0.2, 0) is 16.6 Å². The fourth-order valence-electron chi connectivity index (χ4n) is 2.55. The predicted molar refractivity (Wildman–Crippen MR) is 105 cm³/mol. The standard InChI is InChI=1S/C21H18FNO5S/c1-27-20-11-4-16(14-24)12-21(20)29(25,26)23-13-15-2-7-18(8-3-15)28-19-9-5-17(22)6-10-19/h2-12,14,23H,13H2,1H3. The lowest BCUT2D eigenvalue weighted by Crippen LogP contribution is -2.24.